The van der Waals surface area contributed by atoms with E-state index in [4.69, 9.17) is 16.9 Å². The number of nitrogen functional groups attached to an aromatic ring is 1. The molecule has 0 atom stereocenters. The van der Waals surface area contributed by atoms with Crippen LogP contribution in [0.3, 0.4) is 0 Å². The first-order valence-corrected chi connectivity index (χ1v) is 5.20. The Labute approximate surface area is 101 Å². The molecule has 0 saturated carbocycles. The summed E-state index contributed by atoms with van der Waals surface area (Å²) in [4.78, 5) is 11.5. The van der Waals surface area contributed by atoms with Crippen LogP contribution in [-0.2, 0) is 4.79 Å². The van der Waals surface area contributed by atoms with E-state index < -0.39 is 5.54 Å². The van der Waals surface area contributed by atoms with Crippen LogP contribution in [0.1, 0.15) is 13.8 Å². The van der Waals surface area contributed by atoms with Crippen LogP contribution in [-0.4, -0.2) is 18.1 Å². The molecule has 0 radical (unpaired) electrons. The molecule has 0 aliphatic rings. The molecule has 0 aromatic heterocycles. The van der Waals surface area contributed by atoms with Gasteiger partial charge in [-0.3, -0.25) is 4.79 Å². The molecule has 1 amide bonds. The van der Waals surface area contributed by atoms with Crippen molar-refractivity contribution in [3.8, 4) is 18.1 Å². The predicted molar refractivity (Wildman–Crippen MR) is 67.4 cm³/mol. The lowest BCUT2D eigenvalue weighted by Crippen LogP contribution is -2.44. The topological polar surface area (TPSA) is 64.3 Å². The van der Waals surface area contributed by atoms with E-state index in [2.05, 4.69) is 11.2 Å². The Balaban J connectivity index is 2.44. The van der Waals surface area contributed by atoms with Crippen molar-refractivity contribution in [2.75, 3.05) is 12.3 Å². The van der Waals surface area contributed by atoms with Gasteiger partial charge >= 0.3 is 0 Å². The van der Waals surface area contributed by atoms with Gasteiger partial charge in [0, 0.05) is 5.69 Å². The van der Waals surface area contributed by atoms with Crippen molar-refractivity contribution in [1.82, 2.24) is 5.32 Å². The quantitative estimate of drug-likeness (QED) is 0.605. The van der Waals surface area contributed by atoms with Crippen LogP contribution in [0, 0.1) is 12.3 Å². The standard InChI is InChI=1S/C13H16N2O2/c1-4-13(2,3)15-12(16)9-17-11-7-5-10(14)6-8-11/h1,5-8H,9,14H2,2-3H3,(H,15,16). The number of carbonyl (C=O) groups excluding carboxylic acids is 1. The van der Waals surface area contributed by atoms with Gasteiger partial charge in [-0.2, -0.15) is 0 Å². The lowest BCUT2D eigenvalue weighted by atomic mass is 10.1. The first-order chi connectivity index (χ1) is 7.93. The third-order valence-electron chi connectivity index (χ3n) is 2.06. The average Bonchev–Trinajstić information content (AvgIpc) is 2.28. The molecular formula is C13H16N2O2. The van der Waals surface area contributed by atoms with Gasteiger partial charge in [-0.05, 0) is 38.1 Å². The predicted octanol–water partition coefficient (Wildman–Crippen LogP) is 1.18. The van der Waals surface area contributed by atoms with Gasteiger partial charge in [0.05, 0.1) is 5.54 Å². The number of anilines is 1. The Bertz CT molecular complexity index is 430. The number of carbonyl (C=O) groups is 1. The van der Waals surface area contributed by atoms with E-state index in [9.17, 15) is 4.79 Å². The minimum Gasteiger partial charge on any atom is -0.484 e. The molecule has 0 saturated heterocycles. The van der Waals surface area contributed by atoms with Gasteiger partial charge in [-0.15, -0.1) is 6.42 Å². The van der Waals surface area contributed by atoms with E-state index in [0.717, 1.165) is 0 Å². The zero-order valence-corrected chi connectivity index (χ0v) is 9.99. The second-order valence-electron chi connectivity index (χ2n) is 4.18. The number of hydrogen-bond donors (Lipinski definition) is 2. The van der Waals surface area contributed by atoms with Crippen molar-refractivity contribution in [2.24, 2.45) is 0 Å². The molecule has 0 spiro atoms. The normalized spacial score (nSPS) is 10.4. The maximum absolute atomic E-state index is 11.5. The highest BCUT2D eigenvalue weighted by Gasteiger charge is 2.16. The van der Waals surface area contributed by atoms with Crippen molar-refractivity contribution in [2.45, 2.75) is 19.4 Å². The van der Waals surface area contributed by atoms with Crippen molar-refractivity contribution >= 4 is 11.6 Å². The molecule has 0 heterocycles. The van der Waals surface area contributed by atoms with Crippen LogP contribution in [0.5, 0.6) is 5.75 Å². The fourth-order valence-corrected chi connectivity index (χ4v) is 1.13. The molecular weight excluding hydrogens is 216 g/mol. The number of terminal acetylenes is 1. The molecule has 0 fully saturated rings. The number of amides is 1. The zero-order chi connectivity index (χ0) is 12.9. The molecule has 1 aromatic rings. The number of nitrogens with two attached hydrogens (primary N) is 1. The second-order valence-corrected chi connectivity index (χ2v) is 4.18. The first-order valence-electron chi connectivity index (χ1n) is 5.20. The van der Waals surface area contributed by atoms with E-state index in [1.54, 1.807) is 38.1 Å². The molecule has 0 bridgehead atoms. The number of ether oxygens (including phenoxy) is 1. The Morgan fingerprint density at radius 3 is 2.59 bits per heavy atom. The van der Waals surface area contributed by atoms with Crippen LogP contribution >= 0.6 is 0 Å². The summed E-state index contributed by atoms with van der Waals surface area (Å²) in [6, 6.07) is 6.82. The van der Waals surface area contributed by atoms with Gasteiger partial charge in [0.2, 0.25) is 0 Å². The number of hydrogen-bond acceptors (Lipinski definition) is 3. The summed E-state index contributed by atoms with van der Waals surface area (Å²) in [5.74, 6) is 2.80. The molecule has 0 aliphatic heterocycles. The third-order valence-corrected chi connectivity index (χ3v) is 2.06. The highest BCUT2D eigenvalue weighted by atomic mass is 16.5. The summed E-state index contributed by atoms with van der Waals surface area (Å²) in [5.41, 5.74) is 5.51. The van der Waals surface area contributed by atoms with Crippen molar-refractivity contribution in [3.63, 3.8) is 0 Å². The molecule has 4 nitrogen and oxygen atoms in total. The summed E-state index contributed by atoms with van der Waals surface area (Å²) in [5, 5.41) is 2.66. The molecule has 1 aromatic carbocycles. The number of nitrogens with one attached hydrogen (secondary N) is 1. The minimum atomic E-state index is -0.665. The van der Waals surface area contributed by atoms with Crippen LogP contribution < -0.4 is 15.8 Å². The Morgan fingerprint density at radius 2 is 2.06 bits per heavy atom. The average molecular weight is 232 g/mol. The van der Waals surface area contributed by atoms with Crippen LogP contribution in [0.15, 0.2) is 24.3 Å². The third kappa shape index (κ3) is 4.47. The van der Waals surface area contributed by atoms with Crippen LogP contribution in [0.4, 0.5) is 5.69 Å². The van der Waals surface area contributed by atoms with Gasteiger partial charge < -0.3 is 15.8 Å². The van der Waals surface area contributed by atoms with Crippen LogP contribution in [0.25, 0.3) is 0 Å². The van der Waals surface area contributed by atoms with Gasteiger partial charge in [0.15, 0.2) is 6.61 Å². The van der Waals surface area contributed by atoms with Crippen molar-refractivity contribution < 1.29 is 9.53 Å². The van der Waals surface area contributed by atoms with E-state index in [1.807, 2.05) is 0 Å². The summed E-state index contributed by atoms with van der Waals surface area (Å²) < 4.78 is 5.28. The Hall–Kier alpha value is -2.15. The zero-order valence-electron chi connectivity index (χ0n) is 9.99. The largest absolute Gasteiger partial charge is 0.484 e. The van der Waals surface area contributed by atoms with Crippen molar-refractivity contribution in [1.29, 1.82) is 0 Å². The summed E-state index contributed by atoms with van der Waals surface area (Å²) >= 11 is 0. The summed E-state index contributed by atoms with van der Waals surface area (Å²) in [7, 11) is 0. The molecule has 3 N–H and O–H groups in total. The van der Waals surface area contributed by atoms with E-state index in [1.165, 1.54) is 0 Å². The van der Waals surface area contributed by atoms with E-state index in [0.29, 0.717) is 11.4 Å². The second kappa shape index (κ2) is 5.26. The molecule has 0 unspecified atom stereocenters. The fraction of sp³-hybridized carbons (Fsp3) is 0.308. The molecule has 1 rings (SSSR count). The Kier molecular flexibility index (Phi) is 4.00. The van der Waals surface area contributed by atoms with E-state index >= 15 is 0 Å². The smallest absolute Gasteiger partial charge is 0.259 e. The minimum absolute atomic E-state index is 0.0744. The Morgan fingerprint density at radius 1 is 1.47 bits per heavy atom. The van der Waals surface area contributed by atoms with E-state index in [-0.39, 0.29) is 12.5 Å². The molecule has 4 heteroatoms. The van der Waals surface area contributed by atoms with Gasteiger partial charge in [-0.25, -0.2) is 0 Å². The van der Waals surface area contributed by atoms with Gasteiger partial charge in [0.25, 0.3) is 5.91 Å². The lowest BCUT2D eigenvalue weighted by Gasteiger charge is -2.19. The van der Waals surface area contributed by atoms with Crippen LogP contribution in [0.2, 0.25) is 0 Å². The SMILES string of the molecule is C#CC(C)(C)NC(=O)COc1ccc(N)cc1. The van der Waals surface area contributed by atoms with Gasteiger partial charge in [-0.1, -0.05) is 5.92 Å². The maximum atomic E-state index is 11.5. The highest BCUT2D eigenvalue weighted by Crippen LogP contribution is 2.12. The number of benzene rings is 1. The molecule has 0 aliphatic carbocycles. The molecule has 17 heavy (non-hydrogen) atoms. The number of rotatable bonds is 4. The highest BCUT2D eigenvalue weighted by molar-refractivity contribution is 5.78. The van der Waals surface area contributed by atoms with Gasteiger partial charge in [0.1, 0.15) is 5.75 Å². The lowest BCUT2D eigenvalue weighted by molar-refractivity contribution is -0.124. The fourth-order valence-electron chi connectivity index (χ4n) is 1.13. The summed E-state index contributed by atoms with van der Waals surface area (Å²) in [6.07, 6.45) is 5.26. The first kappa shape index (κ1) is 12.9. The summed E-state index contributed by atoms with van der Waals surface area (Å²) in [6.45, 7) is 3.41. The van der Waals surface area contributed by atoms with Crippen molar-refractivity contribution in [3.05, 3.63) is 24.3 Å². The maximum Gasteiger partial charge on any atom is 0.259 e. The molecule has 90 valence electrons. The monoisotopic (exact) mass is 232 g/mol.